The number of esters is 1. The Morgan fingerprint density at radius 2 is 2.50 bits per heavy atom. The van der Waals surface area contributed by atoms with Crippen molar-refractivity contribution in [2.24, 2.45) is 11.8 Å². The third kappa shape index (κ3) is 1.12. The van der Waals surface area contributed by atoms with Gasteiger partial charge in [0.1, 0.15) is 0 Å². The predicted octanol–water partition coefficient (Wildman–Crippen LogP) is 0.547. The Morgan fingerprint density at radius 1 is 1.67 bits per heavy atom. The Hall–Kier alpha value is -0.570. The molecule has 2 rings (SSSR count). The number of hydrogen-bond donors (Lipinski definition) is 1. The van der Waals surface area contributed by atoms with Gasteiger partial charge in [-0.25, -0.2) is 0 Å². The number of cyclic esters (lactones) is 1. The van der Waals surface area contributed by atoms with E-state index in [-0.39, 0.29) is 11.9 Å². The largest absolute Gasteiger partial charge is 0.465 e. The quantitative estimate of drug-likeness (QED) is 0.613. The lowest BCUT2D eigenvalue weighted by molar-refractivity contribution is -0.141. The lowest BCUT2D eigenvalue weighted by atomic mass is 9.91. The van der Waals surface area contributed by atoms with Crippen LogP contribution in [0.25, 0.3) is 0 Å². The summed E-state index contributed by atoms with van der Waals surface area (Å²) in [6.07, 6.45) is 2.34. The monoisotopic (exact) mass is 169 g/mol. The van der Waals surface area contributed by atoms with Crippen LogP contribution >= 0.6 is 0 Å². The first kappa shape index (κ1) is 8.05. The molecule has 2 heterocycles. The standard InChI is InChI=1S/C9H15NO2/c1-2-3-8-7-5-12-9(11)6(7)4-10-8/h6-8,10H,2-5H2,1H3/t6?,7?,8-/m0/s1. The zero-order valence-electron chi connectivity index (χ0n) is 7.38. The lowest BCUT2D eigenvalue weighted by Gasteiger charge is -2.14. The molecule has 0 radical (unpaired) electrons. The molecule has 12 heavy (non-hydrogen) atoms. The van der Waals surface area contributed by atoms with Crippen LogP contribution in [-0.2, 0) is 9.53 Å². The van der Waals surface area contributed by atoms with Gasteiger partial charge >= 0.3 is 5.97 Å². The second-order valence-corrected chi connectivity index (χ2v) is 3.70. The molecule has 0 saturated carbocycles. The van der Waals surface area contributed by atoms with E-state index in [1.165, 1.54) is 6.42 Å². The van der Waals surface area contributed by atoms with Gasteiger partial charge in [0.05, 0.1) is 12.5 Å². The first-order chi connectivity index (χ1) is 5.83. The summed E-state index contributed by atoms with van der Waals surface area (Å²) in [5, 5.41) is 3.39. The van der Waals surface area contributed by atoms with Gasteiger partial charge in [-0.15, -0.1) is 0 Å². The van der Waals surface area contributed by atoms with Crippen LogP contribution in [0.1, 0.15) is 19.8 Å². The summed E-state index contributed by atoms with van der Waals surface area (Å²) >= 11 is 0. The number of carbonyl (C=O) groups is 1. The molecule has 2 saturated heterocycles. The Morgan fingerprint density at radius 3 is 3.25 bits per heavy atom. The van der Waals surface area contributed by atoms with Crippen molar-refractivity contribution < 1.29 is 9.53 Å². The SMILES string of the molecule is CCC[C@@H]1NCC2C(=O)OCC21. The number of ether oxygens (including phenoxy) is 1. The average Bonchev–Trinajstić information content (AvgIpc) is 2.58. The van der Waals surface area contributed by atoms with E-state index in [1.54, 1.807) is 0 Å². The fourth-order valence-electron chi connectivity index (χ4n) is 2.26. The van der Waals surface area contributed by atoms with Crippen LogP contribution in [0.5, 0.6) is 0 Å². The number of hydrogen-bond acceptors (Lipinski definition) is 3. The van der Waals surface area contributed by atoms with Crippen LogP contribution in [-0.4, -0.2) is 25.2 Å². The van der Waals surface area contributed by atoms with Crippen molar-refractivity contribution in [2.75, 3.05) is 13.2 Å². The molecule has 0 aromatic heterocycles. The maximum Gasteiger partial charge on any atom is 0.310 e. The molecule has 2 aliphatic heterocycles. The van der Waals surface area contributed by atoms with Crippen LogP contribution in [0.15, 0.2) is 0 Å². The summed E-state index contributed by atoms with van der Waals surface area (Å²) in [5.74, 6) is 0.616. The second-order valence-electron chi connectivity index (χ2n) is 3.70. The minimum atomic E-state index is 0.00565. The third-order valence-electron chi connectivity index (χ3n) is 2.95. The molecule has 0 amide bonds. The van der Waals surface area contributed by atoms with Crippen molar-refractivity contribution in [3.05, 3.63) is 0 Å². The highest BCUT2D eigenvalue weighted by atomic mass is 16.5. The molecule has 0 aromatic carbocycles. The highest BCUT2D eigenvalue weighted by molar-refractivity contribution is 5.75. The molecule has 2 aliphatic rings. The van der Waals surface area contributed by atoms with Crippen LogP contribution in [0.2, 0.25) is 0 Å². The maximum absolute atomic E-state index is 11.1. The van der Waals surface area contributed by atoms with Gasteiger partial charge in [0, 0.05) is 18.5 Å². The summed E-state index contributed by atoms with van der Waals surface area (Å²) in [6, 6.07) is 0.520. The summed E-state index contributed by atoms with van der Waals surface area (Å²) in [4.78, 5) is 11.1. The van der Waals surface area contributed by atoms with E-state index in [4.69, 9.17) is 4.74 Å². The molecule has 1 N–H and O–H groups in total. The van der Waals surface area contributed by atoms with Gasteiger partial charge in [-0.1, -0.05) is 13.3 Å². The van der Waals surface area contributed by atoms with Crippen LogP contribution < -0.4 is 5.32 Å². The van der Waals surface area contributed by atoms with Crippen molar-refractivity contribution in [1.29, 1.82) is 0 Å². The van der Waals surface area contributed by atoms with Gasteiger partial charge in [-0.3, -0.25) is 4.79 Å². The van der Waals surface area contributed by atoms with Crippen molar-refractivity contribution in [1.82, 2.24) is 5.32 Å². The second kappa shape index (κ2) is 3.05. The molecule has 0 bridgehead atoms. The van der Waals surface area contributed by atoms with Crippen molar-refractivity contribution in [2.45, 2.75) is 25.8 Å². The number of fused-ring (bicyclic) bond motifs is 1. The molecule has 0 aliphatic carbocycles. The van der Waals surface area contributed by atoms with Gasteiger partial charge in [0.2, 0.25) is 0 Å². The fourth-order valence-corrected chi connectivity index (χ4v) is 2.26. The summed E-state index contributed by atoms with van der Waals surface area (Å²) in [6.45, 7) is 3.64. The normalized spacial score (nSPS) is 39.8. The van der Waals surface area contributed by atoms with E-state index in [1.807, 2.05) is 0 Å². The highest BCUT2D eigenvalue weighted by Gasteiger charge is 2.45. The van der Waals surface area contributed by atoms with Crippen LogP contribution in [0, 0.1) is 11.8 Å². The van der Waals surface area contributed by atoms with Gasteiger partial charge < -0.3 is 10.1 Å². The van der Waals surface area contributed by atoms with E-state index in [2.05, 4.69) is 12.2 Å². The molecule has 2 fully saturated rings. The molecule has 0 aromatic rings. The molecule has 3 heteroatoms. The molecule has 2 unspecified atom stereocenters. The van der Waals surface area contributed by atoms with Gasteiger partial charge in [-0.2, -0.15) is 0 Å². The van der Waals surface area contributed by atoms with E-state index in [0.717, 1.165) is 13.0 Å². The van der Waals surface area contributed by atoms with Crippen molar-refractivity contribution >= 4 is 5.97 Å². The van der Waals surface area contributed by atoms with E-state index in [0.29, 0.717) is 18.6 Å². The summed E-state index contributed by atoms with van der Waals surface area (Å²) in [5.41, 5.74) is 0. The Labute approximate surface area is 72.5 Å². The molecule has 3 nitrogen and oxygen atoms in total. The molecular weight excluding hydrogens is 154 g/mol. The Kier molecular flexibility index (Phi) is 2.05. The van der Waals surface area contributed by atoms with E-state index in [9.17, 15) is 4.79 Å². The molecular formula is C9H15NO2. The Balaban J connectivity index is 2.00. The smallest absolute Gasteiger partial charge is 0.310 e. The van der Waals surface area contributed by atoms with E-state index >= 15 is 0 Å². The fraction of sp³-hybridized carbons (Fsp3) is 0.889. The zero-order valence-corrected chi connectivity index (χ0v) is 7.38. The van der Waals surface area contributed by atoms with Crippen molar-refractivity contribution in [3.63, 3.8) is 0 Å². The molecule has 0 spiro atoms. The zero-order chi connectivity index (χ0) is 8.55. The number of carbonyl (C=O) groups excluding carboxylic acids is 1. The van der Waals surface area contributed by atoms with Gasteiger partial charge in [0.15, 0.2) is 0 Å². The predicted molar refractivity (Wildman–Crippen MR) is 44.6 cm³/mol. The maximum atomic E-state index is 11.1. The third-order valence-corrected chi connectivity index (χ3v) is 2.95. The number of nitrogens with one attached hydrogen (secondary N) is 1. The Bertz CT molecular complexity index is 193. The average molecular weight is 169 g/mol. The topological polar surface area (TPSA) is 38.3 Å². The molecule has 68 valence electrons. The van der Waals surface area contributed by atoms with Gasteiger partial charge in [0.25, 0.3) is 0 Å². The first-order valence-electron chi connectivity index (χ1n) is 4.73. The van der Waals surface area contributed by atoms with E-state index < -0.39 is 0 Å². The van der Waals surface area contributed by atoms with Crippen molar-refractivity contribution in [3.8, 4) is 0 Å². The lowest BCUT2D eigenvalue weighted by Crippen LogP contribution is -2.28. The first-order valence-corrected chi connectivity index (χ1v) is 4.73. The van der Waals surface area contributed by atoms with Gasteiger partial charge in [-0.05, 0) is 6.42 Å². The highest BCUT2D eigenvalue weighted by Crippen LogP contribution is 2.31. The minimum absolute atomic E-state index is 0.00565. The minimum Gasteiger partial charge on any atom is -0.465 e. The van der Waals surface area contributed by atoms with Crippen LogP contribution in [0.3, 0.4) is 0 Å². The van der Waals surface area contributed by atoms with Crippen LogP contribution in [0.4, 0.5) is 0 Å². The number of rotatable bonds is 2. The summed E-state index contributed by atoms with van der Waals surface area (Å²) in [7, 11) is 0. The summed E-state index contributed by atoms with van der Waals surface area (Å²) < 4.78 is 5.02. The molecule has 3 atom stereocenters.